The molecule has 0 N–H and O–H groups in total. The summed E-state index contributed by atoms with van der Waals surface area (Å²) in [6.07, 6.45) is 3.49. The lowest BCUT2D eigenvalue weighted by atomic mass is 10.1. The van der Waals surface area contributed by atoms with Crippen LogP contribution in [0.3, 0.4) is 0 Å². The third kappa shape index (κ3) is 1.66. The summed E-state index contributed by atoms with van der Waals surface area (Å²) in [5.41, 5.74) is 3.01. The lowest BCUT2D eigenvalue weighted by molar-refractivity contribution is 0.577. The van der Waals surface area contributed by atoms with E-state index < -0.39 is 0 Å². The summed E-state index contributed by atoms with van der Waals surface area (Å²) < 4.78 is 6.13. The highest BCUT2D eigenvalue weighted by atomic mass is 127. The van der Waals surface area contributed by atoms with Crippen molar-refractivity contribution in [2.75, 3.05) is 0 Å². The van der Waals surface area contributed by atoms with E-state index in [2.05, 4.69) is 32.6 Å². The number of aryl methyl sites for hydroxylation is 2. The highest BCUT2D eigenvalue weighted by Gasteiger charge is 2.10. The molecule has 0 amide bonds. The first-order chi connectivity index (χ1) is 6.68. The van der Waals surface area contributed by atoms with Crippen LogP contribution in [0.1, 0.15) is 11.1 Å². The molecule has 0 bridgehead atoms. The fourth-order valence-corrected chi connectivity index (χ4v) is 1.65. The molecular formula is C10H9IN2O. The van der Waals surface area contributed by atoms with Gasteiger partial charge in [-0.05, 0) is 31.0 Å². The van der Waals surface area contributed by atoms with Gasteiger partial charge in [-0.3, -0.25) is 0 Å². The number of nitrogens with zero attached hydrogens (tertiary/aromatic N) is 2. The Balaban J connectivity index is 2.62. The minimum atomic E-state index is 0.735. The summed E-state index contributed by atoms with van der Waals surface area (Å²) in [5.74, 6) is 0.836. The Morgan fingerprint density at radius 1 is 1.29 bits per heavy atom. The molecule has 0 aliphatic carbocycles. The van der Waals surface area contributed by atoms with Gasteiger partial charge in [-0.2, -0.15) is 0 Å². The molecule has 0 aliphatic rings. The van der Waals surface area contributed by atoms with Crippen molar-refractivity contribution in [3.8, 4) is 11.5 Å². The Morgan fingerprint density at radius 3 is 2.71 bits per heavy atom. The van der Waals surface area contributed by atoms with E-state index in [0.717, 1.165) is 26.4 Å². The van der Waals surface area contributed by atoms with Gasteiger partial charge in [-0.1, -0.05) is 0 Å². The van der Waals surface area contributed by atoms with Crippen molar-refractivity contribution in [2.24, 2.45) is 0 Å². The van der Waals surface area contributed by atoms with Crippen molar-refractivity contribution in [3.05, 3.63) is 33.5 Å². The second-order valence-electron chi connectivity index (χ2n) is 3.10. The zero-order chi connectivity index (χ0) is 10.1. The molecule has 0 spiro atoms. The second kappa shape index (κ2) is 3.68. The zero-order valence-corrected chi connectivity index (χ0v) is 10.1. The van der Waals surface area contributed by atoms with Gasteiger partial charge >= 0.3 is 0 Å². The molecule has 0 atom stereocenters. The molecule has 0 saturated heterocycles. The molecule has 72 valence electrons. The predicted molar refractivity (Wildman–Crippen MR) is 61.9 cm³/mol. The van der Waals surface area contributed by atoms with Gasteiger partial charge in [0.05, 0.1) is 6.26 Å². The average Bonchev–Trinajstić information content (AvgIpc) is 2.56. The fraction of sp³-hybridized carbons (Fsp3) is 0.200. The molecule has 0 unspecified atom stereocenters. The fourth-order valence-electron chi connectivity index (χ4n) is 1.27. The van der Waals surface area contributed by atoms with Gasteiger partial charge in [0.2, 0.25) is 0 Å². The van der Waals surface area contributed by atoms with Gasteiger partial charge in [0.1, 0.15) is 5.69 Å². The van der Waals surface area contributed by atoms with Crippen molar-refractivity contribution in [2.45, 2.75) is 13.8 Å². The predicted octanol–water partition coefficient (Wildman–Crippen LogP) is 2.96. The van der Waals surface area contributed by atoms with Crippen molar-refractivity contribution >= 4 is 22.6 Å². The molecule has 3 nitrogen and oxygen atoms in total. The topological polar surface area (TPSA) is 38.9 Å². The van der Waals surface area contributed by atoms with Gasteiger partial charge in [0, 0.05) is 28.8 Å². The van der Waals surface area contributed by atoms with Gasteiger partial charge in [0.25, 0.3) is 0 Å². The number of rotatable bonds is 1. The summed E-state index contributed by atoms with van der Waals surface area (Å²) in [5, 5.41) is 0. The molecule has 0 fully saturated rings. The highest BCUT2D eigenvalue weighted by Crippen LogP contribution is 2.25. The third-order valence-electron chi connectivity index (χ3n) is 2.02. The molecule has 0 aromatic carbocycles. The van der Waals surface area contributed by atoms with E-state index in [4.69, 9.17) is 4.42 Å². The van der Waals surface area contributed by atoms with Crippen LogP contribution in [0, 0.1) is 17.7 Å². The number of hydrogen-bond acceptors (Lipinski definition) is 3. The van der Waals surface area contributed by atoms with Crippen molar-refractivity contribution in [1.29, 1.82) is 0 Å². The molecule has 0 saturated carbocycles. The Bertz CT molecular complexity index is 465. The first-order valence-electron chi connectivity index (χ1n) is 4.22. The van der Waals surface area contributed by atoms with Crippen LogP contribution in [0.2, 0.25) is 0 Å². The van der Waals surface area contributed by atoms with Crippen LogP contribution in [0.4, 0.5) is 0 Å². The van der Waals surface area contributed by atoms with E-state index in [9.17, 15) is 0 Å². The van der Waals surface area contributed by atoms with Crippen molar-refractivity contribution in [3.63, 3.8) is 0 Å². The van der Waals surface area contributed by atoms with E-state index in [1.807, 2.05) is 26.1 Å². The van der Waals surface area contributed by atoms with Crippen molar-refractivity contribution in [1.82, 2.24) is 9.97 Å². The maximum absolute atomic E-state index is 5.39. The molecule has 2 aromatic rings. The first-order valence-corrected chi connectivity index (χ1v) is 5.30. The summed E-state index contributed by atoms with van der Waals surface area (Å²) in [4.78, 5) is 8.47. The molecular weight excluding hydrogens is 291 g/mol. The van der Waals surface area contributed by atoms with E-state index >= 15 is 0 Å². The van der Waals surface area contributed by atoms with Gasteiger partial charge < -0.3 is 4.42 Å². The first kappa shape index (κ1) is 9.64. The summed E-state index contributed by atoms with van der Waals surface area (Å²) in [6, 6.07) is 1.93. The number of hydrogen-bond donors (Lipinski definition) is 0. The SMILES string of the molecule is Cc1cnc(I)nc1-c1occc1C. The Morgan fingerprint density at radius 2 is 2.07 bits per heavy atom. The molecule has 0 radical (unpaired) electrons. The van der Waals surface area contributed by atoms with Crippen LogP contribution in [-0.4, -0.2) is 9.97 Å². The standard InChI is InChI=1S/C10H9IN2O/c1-6-3-4-14-9(6)8-7(2)5-12-10(11)13-8/h3-5H,1-2H3. The quantitative estimate of drug-likeness (QED) is 0.600. The summed E-state index contributed by atoms with van der Waals surface area (Å²) in [6.45, 7) is 3.99. The molecule has 2 rings (SSSR count). The van der Waals surface area contributed by atoms with Crippen LogP contribution in [0.25, 0.3) is 11.5 Å². The lowest BCUT2D eigenvalue weighted by Crippen LogP contribution is -1.94. The smallest absolute Gasteiger partial charge is 0.191 e. The Hall–Kier alpha value is -0.910. The normalized spacial score (nSPS) is 10.5. The van der Waals surface area contributed by atoms with Crippen LogP contribution >= 0.6 is 22.6 Å². The monoisotopic (exact) mass is 300 g/mol. The van der Waals surface area contributed by atoms with Gasteiger partial charge in [0.15, 0.2) is 9.59 Å². The molecule has 14 heavy (non-hydrogen) atoms. The maximum atomic E-state index is 5.39. The van der Waals surface area contributed by atoms with Gasteiger partial charge in [-0.15, -0.1) is 0 Å². The number of furan rings is 1. The average molecular weight is 300 g/mol. The van der Waals surface area contributed by atoms with Gasteiger partial charge in [-0.25, -0.2) is 9.97 Å². The minimum absolute atomic E-state index is 0.735. The second-order valence-corrected chi connectivity index (χ2v) is 4.07. The van der Waals surface area contributed by atoms with E-state index in [1.54, 1.807) is 6.26 Å². The maximum Gasteiger partial charge on any atom is 0.191 e. The lowest BCUT2D eigenvalue weighted by Gasteiger charge is -2.02. The number of aromatic nitrogens is 2. The van der Waals surface area contributed by atoms with E-state index in [0.29, 0.717) is 0 Å². The molecule has 4 heteroatoms. The van der Waals surface area contributed by atoms with Crippen LogP contribution in [0.15, 0.2) is 22.9 Å². The summed E-state index contributed by atoms with van der Waals surface area (Å²) in [7, 11) is 0. The molecule has 2 heterocycles. The Kier molecular flexibility index (Phi) is 2.54. The van der Waals surface area contributed by atoms with Crippen LogP contribution in [-0.2, 0) is 0 Å². The third-order valence-corrected chi connectivity index (χ3v) is 2.54. The number of halogens is 1. The highest BCUT2D eigenvalue weighted by molar-refractivity contribution is 14.1. The molecule has 2 aromatic heterocycles. The zero-order valence-electron chi connectivity index (χ0n) is 7.91. The molecule has 0 aliphatic heterocycles. The van der Waals surface area contributed by atoms with Crippen LogP contribution in [0.5, 0.6) is 0 Å². The van der Waals surface area contributed by atoms with Crippen molar-refractivity contribution < 1.29 is 4.42 Å². The minimum Gasteiger partial charge on any atom is -0.462 e. The largest absolute Gasteiger partial charge is 0.462 e. The van der Waals surface area contributed by atoms with E-state index in [-0.39, 0.29) is 0 Å². The van der Waals surface area contributed by atoms with Crippen LogP contribution < -0.4 is 0 Å². The van der Waals surface area contributed by atoms with E-state index in [1.165, 1.54) is 0 Å². The summed E-state index contributed by atoms with van der Waals surface area (Å²) >= 11 is 2.09. The Labute approximate surface area is 95.7 Å².